The lowest BCUT2D eigenvalue weighted by molar-refractivity contribution is -0.154. The number of rotatable bonds is 5. The van der Waals surface area contributed by atoms with Gasteiger partial charge < -0.3 is 10.1 Å². The molecule has 1 aromatic carbocycles. The van der Waals surface area contributed by atoms with E-state index >= 15 is 0 Å². The van der Waals surface area contributed by atoms with Gasteiger partial charge >= 0.3 is 5.97 Å². The van der Waals surface area contributed by atoms with Crippen LogP contribution in [0.4, 0.5) is 0 Å². The fourth-order valence-corrected chi connectivity index (χ4v) is 1.33. The van der Waals surface area contributed by atoms with E-state index in [9.17, 15) is 9.59 Å². The van der Waals surface area contributed by atoms with Crippen molar-refractivity contribution in [2.24, 2.45) is 0 Å². The summed E-state index contributed by atoms with van der Waals surface area (Å²) in [5.74, 6) is -0.848. The van der Waals surface area contributed by atoms with E-state index in [0.29, 0.717) is 12.1 Å². The molecule has 1 N–H and O–H groups in total. The standard InChI is InChI=1S/C13H15NO3/c1-3-9-14-13(16)12(17-10(2)15)11-7-5-4-6-8-11/h3-8,12H,1,9H2,2H3,(H,14,16)/t12-/m0/s1. The number of esters is 1. The van der Waals surface area contributed by atoms with Crippen molar-refractivity contribution in [2.45, 2.75) is 13.0 Å². The zero-order valence-electron chi connectivity index (χ0n) is 9.68. The first-order valence-electron chi connectivity index (χ1n) is 5.26. The number of ether oxygens (including phenoxy) is 1. The Bertz CT molecular complexity index is 400. The normalized spacial score (nSPS) is 11.4. The molecule has 0 spiro atoms. The Labute approximate surface area is 100 Å². The van der Waals surface area contributed by atoms with Crippen molar-refractivity contribution in [3.63, 3.8) is 0 Å². The summed E-state index contributed by atoms with van der Waals surface area (Å²) >= 11 is 0. The second kappa shape index (κ2) is 6.48. The Kier molecular flexibility index (Phi) is 4.94. The lowest BCUT2D eigenvalue weighted by atomic mass is 10.1. The summed E-state index contributed by atoms with van der Waals surface area (Å²) in [6.45, 7) is 5.11. The van der Waals surface area contributed by atoms with E-state index in [1.807, 2.05) is 6.07 Å². The number of hydrogen-bond donors (Lipinski definition) is 1. The van der Waals surface area contributed by atoms with E-state index in [1.165, 1.54) is 6.92 Å². The van der Waals surface area contributed by atoms with Crippen molar-refractivity contribution >= 4 is 11.9 Å². The first-order chi connectivity index (χ1) is 8.15. The van der Waals surface area contributed by atoms with Gasteiger partial charge in [-0.15, -0.1) is 6.58 Å². The van der Waals surface area contributed by atoms with Gasteiger partial charge in [0.05, 0.1) is 0 Å². The van der Waals surface area contributed by atoms with Crippen LogP contribution in [0.3, 0.4) is 0 Å². The number of carbonyl (C=O) groups excluding carboxylic acids is 2. The predicted molar refractivity (Wildman–Crippen MR) is 64.2 cm³/mol. The molecule has 0 fully saturated rings. The van der Waals surface area contributed by atoms with Gasteiger partial charge in [0.1, 0.15) is 0 Å². The molecule has 4 nitrogen and oxygen atoms in total. The van der Waals surface area contributed by atoms with Crippen LogP contribution >= 0.6 is 0 Å². The molecule has 0 unspecified atom stereocenters. The molecule has 1 atom stereocenters. The third kappa shape index (κ3) is 4.10. The van der Waals surface area contributed by atoms with Gasteiger partial charge in [-0.25, -0.2) is 0 Å². The molecule has 0 aliphatic heterocycles. The molecule has 1 rings (SSSR count). The molecule has 17 heavy (non-hydrogen) atoms. The maximum atomic E-state index is 11.8. The molecular weight excluding hydrogens is 218 g/mol. The predicted octanol–water partition coefficient (Wildman–Crippen LogP) is 1.59. The summed E-state index contributed by atoms with van der Waals surface area (Å²) in [5.41, 5.74) is 0.643. The highest BCUT2D eigenvalue weighted by Gasteiger charge is 2.22. The van der Waals surface area contributed by atoms with Crippen LogP contribution < -0.4 is 5.32 Å². The van der Waals surface area contributed by atoms with Crippen molar-refractivity contribution < 1.29 is 14.3 Å². The third-order valence-corrected chi connectivity index (χ3v) is 2.04. The minimum Gasteiger partial charge on any atom is -0.447 e. The fraction of sp³-hybridized carbons (Fsp3) is 0.231. The Hall–Kier alpha value is -2.10. The van der Waals surface area contributed by atoms with Crippen LogP contribution in [0.5, 0.6) is 0 Å². The van der Waals surface area contributed by atoms with Gasteiger partial charge in [-0.05, 0) is 0 Å². The molecule has 1 aromatic rings. The lowest BCUT2D eigenvalue weighted by Crippen LogP contribution is -2.31. The van der Waals surface area contributed by atoms with Gasteiger partial charge in [0.25, 0.3) is 5.91 Å². The van der Waals surface area contributed by atoms with E-state index in [0.717, 1.165) is 0 Å². The number of nitrogens with one attached hydrogen (secondary N) is 1. The molecule has 0 aromatic heterocycles. The van der Waals surface area contributed by atoms with Crippen molar-refractivity contribution in [3.05, 3.63) is 48.6 Å². The number of hydrogen-bond acceptors (Lipinski definition) is 3. The fourth-order valence-electron chi connectivity index (χ4n) is 1.33. The highest BCUT2D eigenvalue weighted by Crippen LogP contribution is 2.17. The zero-order valence-corrected chi connectivity index (χ0v) is 9.68. The average molecular weight is 233 g/mol. The van der Waals surface area contributed by atoms with Crippen molar-refractivity contribution in [1.29, 1.82) is 0 Å². The number of amides is 1. The summed E-state index contributed by atoms with van der Waals surface area (Å²) in [6.07, 6.45) is 0.655. The molecule has 90 valence electrons. The second-order valence-corrected chi connectivity index (χ2v) is 3.43. The number of benzene rings is 1. The minimum atomic E-state index is -0.909. The van der Waals surface area contributed by atoms with Crippen molar-refractivity contribution in [1.82, 2.24) is 5.32 Å². The Morgan fingerprint density at radius 2 is 2.06 bits per heavy atom. The molecule has 0 aliphatic carbocycles. The van der Waals surface area contributed by atoms with Crippen LogP contribution in [0.25, 0.3) is 0 Å². The molecule has 0 saturated carbocycles. The van der Waals surface area contributed by atoms with Gasteiger partial charge in [-0.2, -0.15) is 0 Å². The smallest absolute Gasteiger partial charge is 0.303 e. The Morgan fingerprint density at radius 1 is 1.41 bits per heavy atom. The molecule has 0 heterocycles. The highest BCUT2D eigenvalue weighted by molar-refractivity contribution is 5.84. The van der Waals surface area contributed by atoms with E-state index in [4.69, 9.17) is 4.74 Å². The van der Waals surface area contributed by atoms with Crippen LogP contribution in [0.1, 0.15) is 18.6 Å². The Balaban J connectivity index is 2.84. The maximum Gasteiger partial charge on any atom is 0.303 e. The average Bonchev–Trinajstić information content (AvgIpc) is 2.34. The van der Waals surface area contributed by atoms with Crippen LogP contribution in [0, 0.1) is 0 Å². The third-order valence-electron chi connectivity index (χ3n) is 2.04. The zero-order chi connectivity index (χ0) is 12.7. The summed E-state index contributed by atoms with van der Waals surface area (Å²) in [5, 5.41) is 2.60. The van der Waals surface area contributed by atoms with Crippen molar-refractivity contribution in [2.75, 3.05) is 6.54 Å². The van der Waals surface area contributed by atoms with Crippen LogP contribution in [-0.4, -0.2) is 18.4 Å². The van der Waals surface area contributed by atoms with Gasteiger partial charge in [-0.1, -0.05) is 36.4 Å². The van der Waals surface area contributed by atoms with Gasteiger partial charge in [0.15, 0.2) is 0 Å². The molecule has 0 radical (unpaired) electrons. The Morgan fingerprint density at radius 3 is 2.59 bits per heavy atom. The van der Waals surface area contributed by atoms with E-state index in [-0.39, 0.29) is 5.91 Å². The van der Waals surface area contributed by atoms with Gasteiger partial charge in [0.2, 0.25) is 6.10 Å². The SMILES string of the molecule is C=CCNC(=O)[C@@H](OC(C)=O)c1ccccc1. The lowest BCUT2D eigenvalue weighted by Gasteiger charge is -2.16. The van der Waals surface area contributed by atoms with Crippen molar-refractivity contribution in [3.8, 4) is 0 Å². The maximum absolute atomic E-state index is 11.8. The quantitative estimate of drug-likeness (QED) is 0.620. The summed E-state index contributed by atoms with van der Waals surface area (Å²) in [7, 11) is 0. The molecule has 0 aliphatic rings. The second-order valence-electron chi connectivity index (χ2n) is 3.43. The topological polar surface area (TPSA) is 55.4 Å². The summed E-state index contributed by atoms with van der Waals surface area (Å²) < 4.78 is 5.01. The highest BCUT2D eigenvalue weighted by atomic mass is 16.5. The van der Waals surface area contributed by atoms with E-state index < -0.39 is 12.1 Å². The van der Waals surface area contributed by atoms with Crippen LogP contribution in [0.2, 0.25) is 0 Å². The molecule has 0 bridgehead atoms. The summed E-state index contributed by atoms with van der Waals surface area (Å²) in [4.78, 5) is 22.8. The largest absolute Gasteiger partial charge is 0.447 e. The molecule has 4 heteroatoms. The van der Waals surface area contributed by atoms with Crippen LogP contribution in [0.15, 0.2) is 43.0 Å². The van der Waals surface area contributed by atoms with E-state index in [1.54, 1.807) is 30.3 Å². The molecule has 0 saturated heterocycles. The van der Waals surface area contributed by atoms with E-state index in [2.05, 4.69) is 11.9 Å². The first-order valence-corrected chi connectivity index (χ1v) is 5.26. The monoisotopic (exact) mass is 233 g/mol. The minimum absolute atomic E-state index is 0.337. The first kappa shape index (κ1) is 13.0. The number of carbonyl (C=O) groups is 2. The summed E-state index contributed by atoms with van der Waals surface area (Å²) in [6, 6.07) is 8.87. The molecule has 1 amide bonds. The molecular formula is C13H15NO3. The van der Waals surface area contributed by atoms with Crippen LogP contribution in [-0.2, 0) is 14.3 Å². The van der Waals surface area contributed by atoms with Gasteiger partial charge in [0, 0.05) is 19.0 Å². The van der Waals surface area contributed by atoms with Gasteiger partial charge in [-0.3, -0.25) is 9.59 Å².